The number of aryl methyl sites for hydroxylation is 2. The Kier molecular flexibility index (Phi) is 6.72. The van der Waals surface area contributed by atoms with Gasteiger partial charge in [-0.3, -0.25) is 9.69 Å². The van der Waals surface area contributed by atoms with Gasteiger partial charge in [-0.15, -0.1) is 5.10 Å². The first-order chi connectivity index (χ1) is 13.6. The predicted molar refractivity (Wildman–Crippen MR) is 118 cm³/mol. The number of carbonyl (C=O) groups excluding carboxylic acids is 1. The van der Waals surface area contributed by atoms with Crippen molar-refractivity contribution < 1.29 is 13.2 Å². The Morgan fingerprint density at radius 2 is 2.14 bits per heavy atom. The number of nitrogens with one attached hydrogen (secondary N) is 2. The molecule has 8 nitrogen and oxygen atoms in total. The highest BCUT2D eigenvalue weighted by Crippen LogP contribution is 2.22. The van der Waals surface area contributed by atoms with Crippen molar-refractivity contribution in [1.29, 1.82) is 0 Å². The van der Waals surface area contributed by atoms with Crippen LogP contribution in [0.4, 0.5) is 10.8 Å². The van der Waals surface area contributed by atoms with Gasteiger partial charge in [0.1, 0.15) is 0 Å². The molecular formula is C18H25N5O3S3. The molecule has 0 bridgehead atoms. The number of rotatable bonds is 7. The van der Waals surface area contributed by atoms with Crippen LogP contribution in [0.3, 0.4) is 0 Å². The number of nitrogens with zero attached hydrogens (tertiary/aromatic N) is 3. The Bertz CT molecular complexity index is 1060. The van der Waals surface area contributed by atoms with Gasteiger partial charge in [-0.25, -0.2) is 13.1 Å². The molecule has 0 aliphatic carbocycles. The molecule has 2 heterocycles. The van der Waals surface area contributed by atoms with Gasteiger partial charge in [0.25, 0.3) is 0 Å². The summed E-state index contributed by atoms with van der Waals surface area (Å²) in [5.41, 5.74) is 3.37. The number of amides is 1. The van der Waals surface area contributed by atoms with Crippen molar-refractivity contribution in [1.82, 2.24) is 20.0 Å². The van der Waals surface area contributed by atoms with Gasteiger partial charge in [-0.1, -0.05) is 17.4 Å². The van der Waals surface area contributed by atoms with Crippen LogP contribution in [-0.2, 0) is 21.3 Å². The molecule has 1 aromatic carbocycles. The molecule has 1 aliphatic heterocycles. The maximum Gasteiger partial charge on any atom is 0.234 e. The summed E-state index contributed by atoms with van der Waals surface area (Å²) in [7, 11) is -1.22. The maximum absolute atomic E-state index is 12.2. The van der Waals surface area contributed by atoms with Gasteiger partial charge >= 0.3 is 0 Å². The van der Waals surface area contributed by atoms with E-state index in [2.05, 4.69) is 41.7 Å². The van der Waals surface area contributed by atoms with Gasteiger partial charge < -0.3 is 10.6 Å². The molecule has 1 unspecified atom stereocenters. The zero-order valence-electron chi connectivity index (χ0n) is 16.6. The van der Waals surface area contributed by atoms with E-state index in [0.717, 1.165) is 5.69 Å². The van der Waals surface area contributed by atoms with Crippen LogP contribution < -0.4 is 10.6 Å². The third-order valence-electron chi connectivity index (χ3n) is 4.75. The third kappa shape index (κ3) is 6.08. The zero-order valence-corrected chi connectivity index (χ0v) is 19.1. The molecule has 158 valence electrons. The number of sulfone groups is 1. The van der Waals surface area contributed by atoms with E-state index in [4.69, 9.17) is 12.2 Å². The molecule has 2 N–H and O–H groups in total. The Balaban J connectivity index is 1.55. The van der Waals surface area contributed by atoms with E-state index in [1.165, 1.54) is 22.5 Å². The standard InChI is InChI=1S/C18H25N5O3S3/c1-12-4-5-14(8-13(12)2)20-17-21-23(18(27)28-17)11-22(3)9-16(24)19-15-6-7-29(25,26)10-15/h4-5,8,15H,6-7,9-11H2,1-3H3,(H,19,24)(H,20,21). The largest absolute Gasteiger partial charge is 0.351 e. The summed E-state index contributed by atoms with van der Waals surface area (Å²) < 4.78 is 25.3. The van der Waals surface area contributed by atoms with E-state index < -0.39 is 9.84 Å². The van der Waals surface area contributed by atoms with E-state index in [9.17, 15) is 13.2 Å². The summed E-state index contributed by atoms with van der Waals surface area (Å²) >= 11 is 6.76. The molecule has 1 amide bonds. The molecule has 0 spiro atoms. The molecular weight excluding hydrogens is 430 g/mol. The third-order valence-corrected chi connectivity index (χ3v) is 7.74. The molecule has 29 heavy (non-hydrogen) atoms. The lowest BCUT2D eigenvalue weighted by molar-refractivity contribution is -0.122. The lowest BCUT2D eigenvalue weighted by atomic mass is 10.1. The van der Waals surface area contributed by atoms with Crippen molar-refractivity contribution in [2.45, 2.75) is 33.0 Å². The molecule has 3 rings (SSSR count). The molecule has 1 aromatic heterocycles. The summed E-state index contributed by atoms with van der Waals surface area (Å²) in [6.45, 7) is 4.62. The van der Waals surface area contributed by atoms with E-state index in [-0.39, 0.29) is 30.0 Å². The van der Waals surface area contributed by atoms with Gasteiger partial charge in [-0.2, -0.15) is 0 Å². The Hall–Kier alpha value is -1.82. The van der Waals surface area contributed by atoms with Gasteiger partial charge in [-0.05, 0) is 62.8 Å². The highest BCUT2D eigenvalue weighted by atomic mass is 32.2. The Labute approximate surface area is 179 Å². The minimum absolute atomic E-state index is 0.0209. The fourth-order valence-corrected chi connectivity index (χ4v) is 5.78. The number of benzene rings is 1. The van der Waals surface area contributed by atoms with Crippen LogP contribution in [0.1, 0.15) is 17.5 Å². The first kappa shape index (κ1) is 21.9. The van der Waals surface area contributed by atoms with Crippen LogP contribution in [0.15, 0.2) is 18.2 Å². The van der Waals surface area contributed by atoms with Crippen molar-refractivity contribution >= 4 is 50.1 Å². The fraction of sp³-hybridized carbons (Fsp3) is 0.500. The SMILES string of the molecule is Cc1ccc(Nc2nn(CN(C)CC(=O)NC3CCS(=O)(=O)C3)c(=S)s2)cc1C. The molecule has 0 saturated carbocycles. The van der Waals surface area contributed by atoms with Crippen LogP contribution in [-0.4, -0.2) is 60.1 Å². The second-order valence-electron chi connectivity index (χ2n) is 7.42. The first-order valence-corrected chi connectivity index (χ1v) is 12.3. The van der Waals surface area contributed by atoms with Crippen molar-refractivity contribution in [2.24, 2.45) is 0 Å². The second kappa shape index (κ2) is 8.90. The van der Waals surface area contributed by atoms with E-state index in [1.807, 2.05) is 6.07 Å². The molecule has 11 heteroatoms. The van der Waals surface area contributed by atoms with Gasteiger partial charge in [0.05, 0.1) is 24.7 Å². The van der Waals surface area contributed by atoms with Crippen molar-refractivity contribution in [3.8, 4) is 0 Å². The zero-order chi connectivity index (χ0) is 21.2. The number of hydrogen-bond donors (Lipinski definition) is 2. The topological polar surface area (TPSA) is 96.3 Å². The minimum atomic E-state index is -3.01. The summed E-state index contributed by atoms with van der Waals surface area (Å²) in [5.74, 6) is -0.0460. The quantitative estimate of drug-likeness (QED) is 0.618. The number of likely N-dealkylation sites (N-methyl/N-ethyl adjacent to an activating group) is 1. The van der Waals surface area contributed by atoms with Gasteiger partial charge in [0.2, 0.25) is 11.0 Å². The monoisotopic (exact) mass is 455 g/mol. The normalized spacial score (nSPS) is 18.1. The molecule has 0 radical (unpaired) electrons. The van der Waals surface area contributed by atoms with Crippen LogP contribution in [0.2, 0.25) is 0 Å². The summed E-state index contributed by atoms with van der Waals surface area (Å²) in [4.78, 5) is 14.0. The van der Waals surface area contributed by atoms with Crippen LogP contribution in [0.25, 0.3) is 0 Å². The van der Waals surface area contributed by atoms with E-state index >= 15 is 0 Å². The molecule has 1 saturated heterocycles. The lowest BCUT2D eigenvalue weighted by Crippen LogP contribution is -2.42. The smallest absolute Gasteiger partial charge is 0.234 e. The van der Waals surface area contributed by atoms with Crippen LogP contribution in [0.5, 0.6) is 0 Å². The molecule has 1 aliphatic rings. The summed E-state index contributed by atoms with van der Waals surface area (Å²) in [6.07, 6.45) is 0.475. The van der Waals surface area contributed by atoms with Gasteiger partial charge in [0.15, 0.2) is 13.8 Å². The maximum atomic E-state index is 12.2. The number of hydrogen-bond acceptors (Lipinski definition) is 8. The average molecular weight is 456 g/mol. The lowest BCUT2D eigenvalue weighted by Gasteiger charge is -2.17. The molecule has 1 atom stereocenters. The van der Waals surface area contributed by atoms with E-state index in [0.29, 0.717) is 22.2 Å². The number of anilines is 2. The summed E-state index contributed by atoms with van der Waals surface area (Å²) in [5, 5.41) is 11.2. The van der Waals surface area contributed by atoms with Crippen LogP contribution >= 0.6 is 23.6 Å². The molecule has 1 fully saturated rings. The highest BCUT2D eigenvalue weighted by molar-refractivity contribution is 7.91. The molecule has 2 aromatic rings. The average Bonchev–Trinajstić information content (AvgIpc) is 3.12. The highest BCUT2D eigenvalue weighted by Gasteiger charge is 2.29. The van der Waals surface area contributed by atoms with Gasteiger partial charge in [0, 0.05) is 11.7 Å². The predicted octanol–water partition coefficient (Wildman–Crippen LogP) is 2.23. The minimum Gasteiger partial charge on any atom is -0.351 e. The van der Waals surface area contributed by atoms with Crippen molar-refractivity contribution in [2.75, 3.05) is 30.4 Å². The fourth-order valence-electron chi connectivity index (χ4n) is 3.09. The van der Waals surface area contributed by atoms with E-state index in [1.54, 1.807) is 16.6 Å². The Morgan fingerprint density at radius 3 is 2.79 bits per heavy atom. The van der Waals surface area contributed by atoms with Crippen molar-refractivity contribution in [3.05, 3.63) is 33.3 Å². The summed E-state index contributed by atoms with van der Waals surface area (Å²) in [6, 6.07) is 5.81. The number of carbonyl (C=O) groups is 1. The Morgan fingerprint density at radius 1 is 1.38 bits per heavy atom. The number of aromatic nitrogens is 2. The van der Waals surface area contributed by atoms with Crippen LogP contribution in [0, 0.1) is 17.8 Å². The van der Waals surface area contributed by atoms with Crippen molar-refractivity contribution in [3.63, 3.8) is 0 Å². The second-order valence-corrected chi connectivity index (χ2v) is 11.3. The first-order valence-electron chi connectivity index (χ1n) is 9.22.